The fourth-order valence-corrected chi connectivity index (χ4v) is 5.41. The van der Waals surface area contributed by atoms with Crippen molar-refractivity contribution in [2.75, 3.05) is 38.5 Å². The number of nitrogens with zero attached hydrogens (tertiary/aromatic N) is 2. The summed E-state index contributed by atoms with van der Waals surface area (Å²) < 4.78 is 25.6. The summed E-state index contributed by atoms with van der Waals surface area (Å²) >= 11 is 1.81. The van der Waals surface area contributed by atoms with Gasteiger partial charge in [0, 0.05) is 50.2 Å². The van der Waals surface area contributed by atoms with Crippen LogP contribution in [0.15, 0.2) is 11.4 Å². The van der Waals surface area contributed by atoms with Crippen molar-refractivity contribution in [1.29, 1.82) is 0 Å². The van der Waals surface area contributed by atoms with Gasteiger partial charge in [0.25, 0.3) is 0 Å². The Balaban J connectivity index is 1.69. The molecule has 2 rings (SSSR count). The molecule has 0 saturated heterocycles. The third-order valence-corrected chi connectivity index (χ3v) is 7.81. The van der Waals surface area contributed by atoms with Crippen LogP contribution in [-0.2, 0) is 23.0 Å². The van der Waals surface area contributed by atoms with E-state index in [0.29, 0.717) is 19.6 Å². The van der Waals surface area contributed by atoms with Crippen LogP contribution >= 0.6 is 11.3 Å². The fraction of sp³-hybridized carbons (Fsp3) is 0.706. The van der Waals surface area contributed by atoms with Crippen molar-refractivity contribution in [3.8, 4) is 0 Å². The lowest BCUT2D eigenvalue weighted by atomic mass is 10.1. The van der Waals surface area contributed by atoms with Crippen LogP contribution in [0.25, 0.3) is 0 Å². The van der Waals surface area contributed by atoms with Gasteiger partial charge in [-0.15, -0.1) is 11.3 Å². The first-order valence-electron chi connectivity index (χ1n) is 9.16. The number of fused-ring (bicyclic) bond motifs is 1. The van der Waals surface area contributed by atoms with Gasteiger partial charge in [-0.3, -0.25) is 4.90 Å². The summed E-state index contributed by atoms with van der Waals surface area (Å²) in [6, 6.07) is 2.09. The maximum Gasteiger partial charge on any atom is 0.314 e. The largest absolute Gasteiger partial charge is 0.337 e. The molecule has 0 aromatic carbocycles. The van der Waals surface area contributed by atoms with Gasteiger partial charge in [-0.05, 0) is 30.4 Å². The second-order valence-electron chi connectivity index (χ2n) is 6.48. The Morgan fingerprint density at radius 2 is 2.08 bits per heavy atom. The summed E-state index contributed by atoms with van der Waals surface area (Å²) in [6.45, 7) is 9.18. The number of hydrogen-bond donors (Lipinski definition) is 2. The van der Waals surface area contributed by atoms with Gasteiger partial charge < -0.3 is 10.6 Å². The highest BCUT2D eigenvalue weighted by Gasteiger charge is 2.22. The van der Waals surface area contributed by atoms with Gasteiger partial charge in [0.15, 0.2) is 0 Å². The number of sulfonamides is 1. The molecule has 2 amide bonds. The number of urea groups is 1. The van der Waals surface area contributed by atoms with E-state index >= 15 is 0 Å². The average Bonchev–Trinajstić information content (AvgIpc) is 3.08. The molecule has 0 saturated carbocycles. The van der Waals surface area contributed by atoms with Crippen LogP contribution in [0, 0.1) is 0 Å². The van der Waals surface area contributed by atoms with E-state index in [2.05, 4.69) is 33.9 Å². The van der Waals surface area contributed by atoms with Crippen LogP contribution < -0.4 is 10.6 Å². The molecular weight excluding hydrogens is 372 g/mol. The Morgan fingerprint density at radius 1 is 1.35 bits per heavy atom. The number of carbonyl (C=O) groups is 1. The Morgan fingerprint density at radius 3 is 2.77 bits per heavy atom. The number of hydrogen-bond acceptors (Lipinski definition) is 5. The van der Waals surface area contributed by atoms with Crippen LogP contribution in [0.1, 0.15) is 31.2 Å². The Kier molecular flexibility index (Phi) is 7.87. The second kappa shape index (κ2) is 9.68. The van der Waals surface area contributed by atoms with Crippen molar-refractivity contribution in [1.82, 2.24) is 19.8 Å². The summed E-state index contributed by atoms with van der Waals surface area (Å²) in [5.74, 6) is -0.0787. The molecule has 0 bridgehead atoms. The molecule has 2 N–H and O–H groups in total. The number of rotatable bonds is 9. The van der Waals surface area contributed by atoms with Crippen molar-refractivity contribution in [3.63, 3.8) is 0 Å². The zero-order valence-corrected chi connectivity index (χ0v) is 17.5. The highest BCUT2D eigenvalue weighted by atomic mass is 32.2. The fourth-order valence-electron chi connectivity index (χ4n) is 3.12. The number of thiophene rings is 1. The molecule has 1 aliphatic heterocycles. The van der Waals surface area contributed by atoms with E-state index in [-0.39, 0.29) is 24.4 Å². The minimum Gasteiger partial charge on any atom is -0.337 e. The van der Waals surface area contributed by atoms with E-state index in [1.807, 2.05) is 25.2 Å². The molecule has 7 nitrogen and oxygen atoms in total. The molecule has 148 valence electrons. The molecule has 0 aliphatic carbocycles. The van der Waals surface area contributed by atoms with Gasteiger partial charge in [0.1, 0.15) is 0 Å². The molecular formula is C17H30N4O3S2. The van der Waals surface area contributed by atoms with Crippen LogP contribution in [0.5, 0.6) is 0 Å². The van der Waals surface area contributed by atoms with E-state index in [0.717, 1.165) is 19.5 Å². The Hall–Kier alpha value is -1.16. The standard InChI is InChI=1S/C17H30N4O3S2/c1-4-21(5-2)26(23,24)11-8-18-17(22)19-12-14(3)20-9-6-16-15(13-20)7-10-25-16/h7,10,14H,4-6,8-9,11-13H2,1-3H3,(H2,18,19,22). The highest BCUT2D eigenvalue weighted by Crippen LogP contribution is 2.24. The molecule has 2 heterocycles. The Bertz CT molecular complexity index is 686. The first-order chi connectivity index (χ1) is 12.4. The molecule has 1 aromatic rings. The lowest BCUT2D eigenvalue weighted by Gasteiger charge is -2.32. The van der Waals surface area contributed by atoms with Crippen LogP contribution in [0.3, 0.4) is 0 Å². The minimum absolute atomic E-state index is 0.0787. The van der Waals surface area contributed by atoms with Crippen LogP contribution in [-0.4, -0.2) is 68.2 Å². The highest BCUT2D eigenvalue weighted by molar-refractivity contribution is 7.89. The first-order valence-corrected chi connectivity index (χ1v) is 11.6. The van der Waals surface area contributed by atoms with Gasteiger partial charge >= 0.3 is 6.03 Å². The second-order valence-corrected chi connectivity index (χ2v) is 9.56. The SMILES string of the molecule is CCN(CC)S(=O)(=O)CCNC(=O)NCC(C)N1CCc2sccc2C1. The van der Waals surface area contributed by atoms with Crippen molar-refractivity contribution < 1.29 is 13.2 Å². The number of carbonyl (C=O) groups excluding carboxylic acids is 1. The third-order valence-electron chi connectivity index (χ3n) is 4.76. The van der Waals surface area contributed by atoms with E-state index < -0.39 is 10.0 Å². The van der Waals surface area contributed by atoms with Gasteiger partial charge in [0.2, 0.25) is 10.0 Å². The van der Waals surface area contributed by atoms with E-state index in [1.54, 1.807) is 0 Å². The maximum atomic E-state index is 12.1. The number of nitrogens with one attached hydrogen (secondary N) is 2. The summed E-state index contributed by atoms with van der Waals surface area (Å²) in [5.41, 5.74) is 1.39. The smallest absolute Gasteiger partial charge is 0.314 e. The predicted octanol–water partition coefficient (Wildman–Crippen LogP) is 1.47. The zero-order valence-electron chi connectivity index (χ0n) is 15.8. The lowest BCUT2D eigenvalue weighted by Crippen LogP contribution is -2.47. The summed E-state index contributed by atoms with van der Waals surface area (Å²) in [6.07, 6.45) is 1.06. The van der Waals surface area contributed by atoms with Crippen molar-refractivity contribution in [3.05, 3.63) is 21.9 Å². The number of amides is 2. The predicted molar refractivity (Wildman–Crippen MR) is 106 cm³/mol. The molecule has 1 atom stereocenters. The Labute approximate surface area is 160 Å². The molecule has 0 spiro atoms. The van der Waals surface area contributed by atoms with E-state index in [1.165, 1.54) is 14.7 Å². The van der Waals surface area contributed by atoms with Gasteiger partial charge in [-0.1, -0.05) is 13.8 Å². The minimum atomic E-state index is -3.31. The maximum absolute atomic E-state index is 12.1. The average molecular weight is 403 g/mol. The monoisotopic (exact) mass is 402 g/mol. The van der Waals surface area contributed by atoms with Crippen molar-refractivity contribution in [2.24, 2.45) is 0 Å². The lowest BCUT2D eigenvalue weighted by molar-refractivity contribution is 0.186. The third kappa shape index (κ3) is 5.67. The van der Waals surface area contributed by atoms with Gasteiger partial charge in [-0.2, -0.15) is 0 Å². The van der Waals surface area contributed by atoms with E-state index in [4.69, 9.17) is 0 Å². The summed E-state index contributed by atoms with van der Waals surface area (Å²) in [5, 5.41) is 7.62. The van der Waals surface area contributed by atoms with E-state index in [9.17, 15) is 13.2 Å². The van der Waals surface area contributed by atoms with Crippen molar-refractivity contribution >= 4 is 27.4 Å². The molecule has 0 fully saturated rings. The molecule has 9 heteroatoms. The molecule has 1 unspecified atom stereocenters. The van der Waals surface area contributed by atoms with Gasteiger partial charge in [-0.25, -0.2) is 17.5 Å². The summed E-state index contributed by atoms with van der Waals surface area (Å²) in [4.78, 5) is 15.8. The van der Waals surface area contributed by atoms with Gasteiger partial charge in [0.05, 0.1) is 5.75 Å². The topological polar surface area (TPSA) is 81.8 Å². The first kappa shape index (κ1) is 21.1. The normalized spacial score (nSPS) is 16.3. The zero-order chi connectivity index (χ0) is 19.2. The molecule has 1 aliphatic rings. The summed E-state index contributed by atoms with van der Waals surface area (Å²) in [7, 11) is -3.31. The molecule has 0 radical (unpaired) electrons. The van der Waals surface area contributed by atoms with Crippen LogP contribution in [0.4, 0.5) is 4.79 Å². The molecule has 26 heavy (non-hydrogen) atoms. The van der Waals surface area contributed by atoms with Crippen LogP contribution in [0.2, 0.25) is 0 Å². The quantitative estimate of drug-likeness (QED) is 0.655. The van der Waals surface area contributed by atoms with Crippen molar-refractivity contribution in [2.45, 2.75) is 39.8 Å². The molecule has 1 aromatic heterocycles.